The highest BCUT2D eigenvalue weighted by Crippen LogP contribution is 2.32. The van der Waals surface area contributed by atoms with Crippen LogP contribution in [0.15, 0.2) is 52.7 Å². The standard InChI is InChI=1S/C18H16ClN5O2/c1-10-3-6-13(7-4-10)24-17(20)16(11(2)23-24)22-21-15-8-5-12(19)9-14(15)18(25)26/h3-9H,20H2,1-2H3,(H,25,26). The van der Waals surface area contributed by atoms with Gasteiger partial charge in [0.1, 0.15) is 5.69 Å². The molecule has 132 valence electrons. The van der Waals surface area contributed by atoms with E-state index in [2.05, 4.69) is 15.3 Å². The van der Waals surface area contributed by atoms with Gasteiger partial charge < -0.3 is 10.8 Å². The van der Waals surface area contributed by atoms with Crippen molar-refractivity contribution < 1.29 is 9.90 Å². The monoisotopic (exact) mass is 369 g/mol. The Morgan fingerprint density at radius 2 is 1.85 bits per heavy atom. The third-order valence-corrected chi connectivity index (χ3v) is 4.02. The molecule has 3 N–H and O–H groups in total. The van der Waals surface area contributed by atoms with Crippen molar-refractivity contribution in [3.8, 4) is 5.69 Å². The highest BCUT2D eigenvalue weighted by atomic mass is 35.5. The maximum Gasteiger partial charge on any atom is 0.338 e. The summed E-state index contributed by atoms with van der Waals surface area (Å²) in [7, 11) is 0. The topological polar surface area (TPSA) is 106 Å². The number of carboxylic acid groups (broad SMARTS) is 1. The van der Waals surface area contributed by atoms with Crippen molar-refractivity contribution in [3.05, 3.63) is 64.3 Å². The fourth-order valence-electron chi connectivity index (χ4n) is 2.41. The molecule has 0 saturated heterocycles. The number of hydrogen-bond donors (Lipinski definition) is 2. The molecule has 0 atom stereocenters. The number of azo groups is 1. The molecule has 1 aromatic heterocycles. The molecule has 2 aromatic carbocycles. The Labute approximate surface area is 154 Å². The first kappa shape index (κ1) is 17.6. The molecule has 8 heteroatoms. The number of hydrogen-bond acceptors (Lipinski definition) is 5. The van der Waals surface area contributed by atoms with E-state index in [1.165, 1.54) is 12.1 Å². The lowest BCUT2D eigenvalue weighted by molar-refractivity contribution is 0.0697. The van der Waals surface area contributed by atoms with E-state index in [1.807, 2.05) is 31.2 Å². The van der Waals surface area contributed by atoms with Gasteiger partial charge in [0.05, 0.1) is 16.9 Å². The fourth-order valence-corrected chi connectivity index (χ4v) is 2.59. The number of aromatic nitrogens is 2. The van der Waals surface area contributed by atoms with Crippen LogP contribution in [0.1, 0.15) is 21.6 Å². The smallest absolute Gasteiger partial charge is 0.338 e. The van der Waals surface area contributed by atoms with Crippen LogP contribution < -0.4 is 5.73 Å². The van der Waals surface area contributed by atoms with Crippen LogP contribution in [0.3, 0.4) is 0 Å². The van der Waals surface area contributed by atoms with Crippen LogP contribution in [0.2, 0.25) is 5.02 Å². The van der Waals surface area contributed by atoms with E-state index in [0.29, 0.717) is 22.2 Å². The number of rotatable bonds is 4. The average molecular weight is 370 g/mol. The zero-order valence-corrected chi connectivity index (χ0v) is 14.9. The van der Waals surface area contributed by atoms with Crippen molar-refractivity contribution in [2.75, 3.05) is 5.73 Å². The molecule has 26 heavy (non-hydrogen) atoms. The summed E-state index contributed by atoms with van der Waals surface area (Å²) in [6.07, 6.45) is 0. The molecule has 7 nitrogen and oxygen atoms in total. The maximum atomic E-state index is 11.3. The minimum Gasteiger partial charge on any atom is -0.478 e. The number of carbonyl (C=O) groups is 1. The second kappa shape index (κ2) is 6.97. The summed E-state index contributed by atoms with van der Waals surface area (Å²) >= 11 is 5.84. The Morgan fingerprint density at radius 1 is 1.15 bits per heavy atom. The highest BCUT2D eigenvalue weighted by molar-refractivity contribution is 6.31. The van der Waals surface area contributed by atoms with Crippen LogP contribution >= 0.6 is 11.6 Å². The molecular formula is C18H16ClN5O2. The first-order valence-electron chi connectivity index (χ1n) is 7.73. The van der Waals surface area contributed by atoms with Crippen molar-refractivity contribution in [3.63, 3.8) is 0 Å². The maximum absolute atomic E-state index is 11.3. The van der Waals surface area contributed by atoms with Crippen molar-refractivity contribution in [2.24, 2.45) is 10.2 Å². The van der Waals surface area contributed by atoms with Crippen molar-refractivity contribution >= 4 is 34.8 Å². The van der Waals surface area contributed by atoms with Crippen LogP contribution in [0, 0.1) is 13.8 Å². The van der Waals surface area contributed by atoms with Gasteiger partial charge in [0.15, 0.2) is 11.5 Å². The van der Waals surface area contributed by atoms with Crippen LogP contribution in [-0.4, -0.2) is 20.9 Å². The van der Waals surface area contributed by atoms with E-state index in [1.54, 1.807) is 17.7 Å². The predicted molar refractivity (Wildman–Crippen MR) is 100 cm³/mol. The van der Waals surface area contributed by atoms with Gasteiger partial charge in [-0.2, -0.15) is 5.10 Å². The summed E-state index contributed by atoms with van der Waals surface area (Å²) < 4.78 is 1.57. The second-order valence-electron chi connectivity index (χ2n) is 5.73. The van der Waals surface area contributed by atoms with Gasteiger partial charge in [-0.25, -0.2) is 9.48 Å². The zero-order valence-electron chi connectivity index (χ0n) is 14.1. The molecule has 0 bridgehead atoms. The van der Waals surface area contributed by atoms with E-state index in [9.17, 15) is 9.90 Å². The van der Waals surface area contributed by atoms with Gasteiger partial charge in [0.25, 0.3) is 0 Å². The van der Waals surface area contributed by atoms with E-state index in [-0.39, 0.29) is 11.3 Å². The number of aromatic carboxylic acids is 1. The molecule has 3 rings (SSSR count). The number of aryl methyl sites for hydroxylation is 2. The molecule has 3 aromatic rings. The Hall–Kier alpha value is -3.19. The van der Waals surface area contributed by atoms with Crippen molar-refractivity contribution in [1.82, 2.24) is 9.78 Å². The summed E-state index contributed by atoms with van der Waals surface area (Å²) in [5.74, 6) is -0.817. The highest BCUT2D eigenvalue weighted by Gasteiger charge is 2.15. The molecular weight excluding hydrogens is 354 g/mol. The molecule has 1 heterocycles. The van der Waals surface area contributed by atoms with Crippen LogP contribution in [0.4, 0.5) is 17.2 Å². The van der Waals surface area contributed by atoms with Crippen molar-refractivity contribution in [2.45, 2.75) is 13.8 Å². The van der Waals surface area contributed by atoms with Gasteiger partial charge in [-0.3, -0.25) is 0 Å². The number of nitrogen functional groups attached to an aromatic ring is 1. The minimum absolute atomic E-state index is 0.0385. The van der Waals surface area contributed by atoms with Crippen LogP contribution in [0.25, 0.3) is 5.69 Å². The fraction of sp³-hybridized carbons (Fsp3) is 0.111. The Balaban J connectivity index is 2.00. The summed E-state index contributed by atoms with van der Waals surface area (Å²) in [6, 6.07) is 12.1. The van der Waals surface area contributed by atoms with Crippen LogP contribution in [-0.2, 0) is 0 Å². The summed E-state index contributed by atoms with van der Waals surface area (Å²) in [6.45, 7) is 3.75. The Kier molecular flexibility index (Phi) is 4.73. The molecule has 0 unspecified atom stereocenters. The lowest BCUT2D eigenvalue weighted by Crippen LogP contribution is -2.01. The molecule has 0 amide bonds. The largest absolute Gasteiger partial charge is 0.478 e. The Bertz CT molecular complexity index is 1010. The van der Waals surface area contributed by atoms with Gasteiger partial charge in [-0.15, -0.1) is 10.2 Å². The zero-order chi connectivity index (χ0) is 18.8. The molecule has 0 aliphatic heterocycles. The number of carboxylic acids is 1. The SMILES string of the molecule is Cc1ccc(-n2nc(C)c(N=Nc3ccc(Cl)cc3C(=O)O)c2N)cc1. The quantitative estimate of drug-likeness (QED) is 0.641. The first-order chi connectivity index (χ1) is 12.4. The van der Waals surface area contributed by atoms with Gasteiger partial charge in [0.2, 0.25) is 0 Å². The number of nitrogens with two attached hydrogens (primary N) is 1. The van der Waals surface area contributed by atoms with Gasteiger partial charge >= 0.3 is 5.97 Å². The number of benzene rings is 2. The summed E-state index contributed by atoms with van der Waals surface area (Å²) in [5.41, 5.74) is 9.21. The predicted octanol–water partition coefficient (Wildman–Crippen LogP) is 4.84. The molecule has 0 aliphatic rings. The number of nitrogens with zero attached hydrogens (tertiary/aromatic N) is 4. The second-order valence-corrected chi connectivity index (χ2v) is 6.17. The lowest BCUT2D eigenvalue weighted by Gasteiger charge is -2.04. The summed E-state index contributed by atoms with van der Waals surface area (Å²) in [5, 5.41) is 22.1. The van der Waals surface area contributed by atoms with Gasteiger partial charge in [-0.1, -0.05) is 29.3 Å². The third-order valence-electron chi connectivity index (χ3n) is 3.79. The molecule has 0 spiro atoms. The third kappa shape index (κ3) is 3.43. The molecule has 0 aliphatic carbocycles. The summed E-state index contributed by atoms with van der Waals surface area (Å²) in [4.78, 5) is 11.3. The lowest BCUT2D eigenvalue weighted by atomic mass is 10.2. The molecule has 0 fully saturated rings. The van der Waals surface area contributed by atoms with Crippen molar-refractivity contribution in [1.29, 1.82) is 0 Å². The van der Waals surface area contributed by atoms with Crippen LogP contribution in [0.5, 0.6) is 0 Å². The number of anilines is 1. The van der Waals surface area contributed by atoms with E-state index in [4.69, 9.17) is 17.3 Å². The number of halogens is 1. The van der Waals surface area contributed by atoms with Gasteiger partial charge in [-0.05, 0) is 44.2 Å². The Morgan fingerprint density at radius 3 is 2.50 bits per heavy atom. The van der Waals surface area contributed by atoms with E-state index in [0.717, 1.165) is 11.3 Å². The first-order valence-corrected chi connectivity index (χ1v) is 8.11. The van der Waals surface area contributed by atoms with Gasteiger partial charge in [0, 0.05) is 5.02 Å². The normalized spacial score (nSPS) is 11.2. The average Bonchev–Trinajstić information content (AvgIpc) is 2.89. The molecule has 0 saturated carbocycles. The van der Waals surface area contributed by atoms with E-state index >= 15 is 0 Å². The molecule has 0 radical (unpaired) electrons. The minimum atomic E-state index is -1.14. The van der Waals surface area contributed by atoms with E-state index < -0.39 is 5.97 Å².